The fourth-order valence-corrected chi connectivity index (χ4v) is 0.580. The number of rotatable bonds is 6. The van der Waals surface area contributed by atoms with Gasteiger partial charge in [-0.2, -0.15) is 0 Å². The molecule has 0 amide bonds. The van der Waals surface area contributed by atoms with E-state index in [0.29, 0.717) is 17.8 Å². The molecule has 0 unspecified atom stereocenters. The maximum absolute atomic E-state index is 10.6. The van der Waals surface area contributed by atoms with Crippen LogP contribution in [0.15, 0.2) is 24.3 Å². The molecule has 124 valence electrons. The normalized spacial score (nSPS) is 8.29. The molecule has 0 saturated heterocycles. The SMILES string of the molecule is C=C(C)C(=O)OCCC.C=C(C)C(=O)OCCO.ClCCl. The fraction of sp³-hybridized carbons (Fsp3) is 0.571. The summed E-state index contributed by atoms with van der Waals surface area (Å²) in [5.74, 6) is -0.749. The molecular weight excluding hydrogens is 319 g/mol. The van der Waals surface area contributed by atoms with Crippen molar-refractivity contribution in [2.45, 2.75) is 27.2 Å². The third-order valence-corrected chi connectivity index (χ3v) is 1.46. The molecule has 0 saturated carbocycles. The van der Waals surface area contributed by atoms with Crippen LogP contribution in [0.2, 0.25) is 0 Å². The van der Waals surface area contributed by atoms with Crippen molar-refractivity contribution in [2.24, 2.45) is 0 Å². The summed E-state index contributed by atoms with van der Waals surface area (Å²) in [5.41, 5.74) is 0.812. The molecule has 0 aliphatic carbocycles. The van der Waals surface area contributed by atoms with E-state index in [1.54, 1.807) is 13.8 Å². The van der Waals surface area contributed by atoms with E-state index in [0.717, 1.165) is 6.42 Å². The van der Waals surface area contributed by atoms with Crippen LogP contribution in [0.4, 0.5) is 0 Å². The second-order valence-electron chi connectivity index (χ2n) is 3.66. The standard InChI is InChI=1S/C7H12O2.C6H10O3.CH2Cl2/c1-4-5-9-7(8)6(2)3;1-5(2)6(8)9-4-3-7;2-1-3/h2,4-5H2,1,3H3;7H,1,3-4H2,2H3;1H2. The summed E-state index contributed by atoms with van der Waals surface area (Å²) in [6.45, 7) is 12.3. The first kappa shape index (κ1) is 24.9. The van der Waals surface area contributed by atoms with Gasteiger partial charge in [0.25, 0.3) is 0 Å². The van der Waals surface area contributed by atoms with Gasteiger partial charge in [-0.3, -0.25) is 0 Å². The van der Waals surface area contributed by atoms with E-state index in [1.807, 2.05) is 6.92 Å². The van der Waals surface area contributed by atoms with Crippen LogP contribution in [0.25, 0.3) is 0 Å². The number of carbonyl (C=O) groups excluding carboxylic acids is 2. The minimum Gasteiger partial charge on any atom is -0.462 e. The number of ether oxygens (including phenoxy) is 2. The molecule has 0 spiro atoms. The molecule has 7 heteroatoms. The molecular formula is C14H24Cl2O5. The predicted octanol–water partition coefficient (Wildman–Crippen LogP) is 3.04. The molecule has 1 N–H and O–H groups in total. The van der Waals surface area contributed by atoms with Crippen LogP contribution in [0.5, 0.6) is 0 Å². The predicted molar refractivity (Wildman–Crippen MR) is 85.5 cm³/mol. The maximum atomic E-state index is 10.6. The van der Waals surface area contributed by atoms with E-state index in [-0.39, 0.29) is 24.5 Å². The number of aliphatic hydroxyl groups excluding tert-OH is 1. The van der Waals surface area contributed by atoms with Gasteiger partial charge in [0.05, 0.1) is 18.6 Å². The average molecular weight is 343 g/mol. The highest BCUT2D eigenvalue weighted by atomic mass is 35.5. The second kappa shape index (κ2) is 19.0. The molecule has 0 radical (unpaired) electrons. The topological polar surface area (TPSA) is 72.8 Å². The highest BCUT2D eigenvalue weighted by Gasteiger charge is 2.00. The lowest BCUT2D eigenvalue weighted by Gasteiger charge is -1.99. The van der Waals surface area contributed by atoms with Crippen LogP contribution < -0.4 is 0 Å². The van der Waals surface area contributed by atoms with Crippen molar-refractivity contribution in [2.75, 3.05) is 25.2 Å². The van der Waals surface area contributed by atoms with E-state index in [1.165, 1.54) is 0 Å². The summed E-state index contributed by atoms with van der Waals surface area (Å²) in [7, 11) is 0. The first-order valence-corrected chi connectivity index (χ1v) is 7.23. The van der Waals surface area contributed by atoms with Crippen LogP contribution >= 0.6 is 23.2 Å². The van der Waals surface area contributed by atoms with Crippen molar-refractivity contribution in [1.82, 2.24) is 0 Å². The zero-order valence-electron chi connectivity index (χ0n) is 12.8. The van der Waals surface area contributed by atoms with Crippen molar-refractivity contribution in [3.63, 3.8) is 0 Å². The number of carbonyl (C=O) groups is 2. The number of hydrogen-bond acceptors (Lipinski definition) is 5. The molecule has 0 bridgehead atoms. The Morgan fingerprint density at radius 3 is 1.57 bits per heavy atom. The molecule has 0 aromatic heterocycles. The first-order chi connectivity index (χ1) is 9.78. The van der Waals surface area contributed by atoms with E-state index < -0.39 is 5.97 Å². The van der Waals surface area contributed by atoms with Crippen molar-refractivity contribution in [3.05, 3.63) is 24.3 Å². The van der Waals surface area contributed by atoms with Crippen molar-refractivity contribution in [3.8, 4) is 0 Å². The Balaban J connectivity index is -0.000000260. The number of esters is 2. The van der Waals surface area contributed by atoms with Gasteiger partial charge in [0.1, 0.15) is 6.61 Å². The van der Waals surface area contributed by atoms with Gasteiger partial charge in [-0.05, 0) is 20.3 Å². The highest BCUT2D eigenvalue weighted by molar-refractivity contribution is 6.40. The Hall–Kier alpha value is -1.04. The summed E-state index contributed by atoms with van der Waals surface area (Å²) in [6, 6.07) is 0. The Morgan fingerprint density at radius 2 is 1.33 bits per heavy atom. The molecule has 0 rings (SSSR count). The Labute approximate surface area is 136 Å². The second-order valence-corrected chi connectivity index (χ2v) is 4.47. The van der Waals surface area contributed by atoms with Crippen molar-refractivity contribution >= 4 is 35.1 Å². The minimum absolute atomic E-state index is 0.0473. The molecule has 0 aliphatic heterocycles. The van der Waals surface area contributed by atoms with Gasteiger partial charge < -0.3 is 14.6 Å². The van der Waals surface area contributed by atoms with Gasteiger partial charge in [-0.15, -0.1) is 23.2 Å². The molecule has 0 aromatic rings. The molecule has 0 aliphatic rings. The summed E-state index contributed by atoms with van der Waals surface area (Å²) < 4.78 is 9.18. The lowest BCUT2D eigenvalue weighted by atomic mass is 10.4. The molecule has 0 heterocycles. The smallest absolute Gasteiger partial charge is 0.333 e. The lowest BCUT2D eigenvalue weighted by Crippen LogP contribution is -2.08. The van der Waals surface area contributed by atoms with Crippen LogP contribution in [-0.2, 0) is 19.1 Å². The zero-order chi connectivity index (χ0) is 17.3. The third kappa shape index (κ3) is 24.4. The minimum atomic E-state index is -0.455. The Morgan fingerprint density at radius 1 is 1.00 bits per heavy atom. The molecule has 0 aromatic carbocycles. The Bertz CT molecular complexity index is 286. The van der Waals surface area contributed by atoms with Crippen molar-refractivity contribution in [1.29, 1.82) is 0 Å². The summed E-state index contributed by atoms with van der Waals surface area (Å²) in [5, 5.41) is 8.38. The average Bonchev–Trinajstić information content (AvgIpc) is 2.43. The summed E-state index contributed by atoms with van der Waals surface area (Å²) >= 11 is 9.53. The molecule has 5 nitrogen and oxygen atoms in total. The van der Waals surface area contributed by atoms with Gasteiger partial charge in [0.2, 0.25) is 0 Å². The van der Waals surface area contributed by atoms with Crippen molar-refractivity contribution < 1.29 is 24.2 Å². The highest BCUT2D eigenvalue weighted by Crippen LogP contribution is 1.92. The fourth-order valence-electron chi connectivity index (χ4n) is 0.580. The van der Waals surface area contributed by atoms with Crippen LogP contribution in [-0.4, -0.2) is 42.2 Å². The molecule has 0 atom stereocenters. The van der Waals surface area contributed by atoms with Gasteiger partial charge >= 0.3 is 11.9 Å². The maximum Gasteiger partial charge on any atom is 0.333 e. The van der Waals surface area contributed by atoms with E-state index >= 15 is 0 Å². The number of hydrogen-bond donors (Lipinski definition) is 1. The molecule has 21 heavy (non-hydrogen) atoms. The summed E-state index contributed by atoms with van der Waals surface area (Å²) in [6.07, 6.45) is 0.860. The largest absolute Gasteiger partial charge is 0.462 e. The van der Waals surface area contributed by atoms with Crippen LogP contribution in [0.3, 0.4) is 0 Å². The Kier molecular flexibility index (Phi) is 22.5. The van der Waals surface area contributed by atoms with E-state index in [2.05, 4.69) is 17.9 Å². The number of aliphatic hydroxyl groups is 1. The lowest BCUT2D eigenvalue weighted by molar-refractivity contribution is -0.140. The first-order valence-electron chi connectivity index (χ1n) is 6.16. The van der Waals surface area contributed by atoms with Gasteiger partial charge in [0.15, 0.2) is 0 Å². The number of alkyl halides is 2. The van der Waals surface area contributed by atoms with Gasteiger partial charge in [-0.1, -0.05) is 20.1 Å². The summed E-state index contributed by atoms with van der Waals surface area (Å²) in [4.78, 5) is 21.0. The number of halogens is 2. The molecule has 0 fully saturated rings. The van der Waals surface area contributed by atoms with E-state index in [4.69, 9.17) is 33.0 Å². The van der Waals surface area contributed by atoms with Gasteiger partial charge in [0, 0.05) is 11.1 Å². The van der Waals surface area contributed by atoms with Crippen LogP contribution in [0, 0.1) is 0 Å². The van der Waals surface area contributed by atoms with Crippen LogP contribution in [0.1, 0.15) is 27.2 Å². The van der Waals surface area contributed by atoms with Gasteiger partial charge in [-0.25, -0.2) is 9.59 Å². The van der Waals surface area contributed by atoms with E-state index in [9.17, 15) is 9.59 Å². The zero-order valence-corrected chi connectivity index (χ0v) is 14.3. The quantitative estimate of drug-likeness (QED) is 0.456. The third-order valence-electron chi connectivity index (χ3n) is 1.46. The monoisotopic (exact) mass is 342 g/mol.